The minimum absolute atomic E-state index is 0.0778. The smallest absolute Gasteiger partial charge is 0.235 e. The number of rotatable bonds is 3. The normalized spacial score (nSPS) is 19.6. The summed E-state index contributed by atoms with van der Waals surface area (Å²) in [5.41, 5.74) is 6.50. The highest BCUT2D eigenvalue weighted by atomic mass is 16.2. The molecule has 0 spiro atoms. The van der Waals surface area contributed by atoms with Crippen LogP contribution in [0.25, 0.3) is 10.8 Å². The molecule has 1 saturated heterocycles. The molecule has 0 bridgehead atoms. The summed E-state index contributed by atoms with van der Waals surface area (Å²) in [7, 11) is 0. The Bertz CT molecular complexity index is 676. The standard InChI is InChI=1S/C16H16N2O2/c17-16(20)15-8-13(19)10-18(15)9-12-6-3-5-11-4-1-2-7-14(11)12/h1-7,15H,8-10H2,(H2,17,20). The van der Waals surface area contributed by atoms with E-state index in [1.54, 1.807) is 0 Å². The number of primary amides is 1. The molecule has 1 fully saturated rings. The number of hydrogen-bond donors (Lipinski definition) is 1. The van der Waals surface area contributed by atoms with E-state index in [2.05, 4.69) is 18.2 Å². The maximum absolute atomic E-state index is 11.6. The van der Waals surface area contributed by atoms with Crippen molar-refractivity contribution in [1.82, 2.24) is 4.90 Å². The molecule has 2 aromatic rings. The number of fused-ring (bicyclic) bond motifs is 1. The Kier molecular flexibility index (Phi) is 3.24. The predicted octanol–water partition coefficient (Wildman–Crippen LogP) is 1.47. The molecule has 4 nitrogen and oxygen atoms in total. The molecule has 0 aliphatic carbocycles. The van der Waals surface area contributed by atoms with E-state index >= 15 is 0 Å². The molecular formula is C16H16N2O2. The first kappa shape index (κ1) is 12.8. The second kappa shape index (κ2) is 5.06. The number of nitrogens with two attached hydrogens (primary N) is 1. The number of ketones is 1. The van der Waals surface area contributed by atoms with Gasteiger partial charge in [0.2, 0.25) is 5.91 Å². The number of nitrogens with zero attached hydrogens (tertiary/aromatic N) is 1. The summed E-state index contributed by atoms with van der Waals surface area (Å²) in [4.78, 5) is 24.9. The lowest BCUT2D eigenvalue weighted by atomic mass is 10.0. The van der Waals surface area contributed by atoms with Crippen LogP contribution in [0.2, 0.25) is 0 Å². The molecule has 2 aromatic carbocycles. The average Bonchev–Trinajstić information content (AvgIpc) is 2.80. The van der Waals surface area contributed by atoms with E-state index < -0.39 is 11.9 Å². The van der Waals surface area contributed by atoms with Gasteiger partial charge < -0.3 is 5.73 Å². The minimum atomic E-state index is -0.471. The number of carbonyl (C=O) groups is 2. The molecule has 20 heavy (non-hydrogen) atoms. The van der Waals surface area contributed by atoms with Crippen molar-refractivity contribution in [3.05, 3.63) is 48.0 Å². The van der Waals surface area contributed by atoms with E-state index in [-0.39, 0.29) is 12.2 Å². The van der Waals surface area contributed by atoms with Gasteiger partial charge in [0.1, 0.15) is 5.78 Å². The van der Waals surface area contributed by atoms with Crippen LogP contribution in [0.5, 0.6) is 0 Å². The molecule has 1 atom stereocenters. The van der Waals surface area contributed by atoms with Gasteiger partial charge in [0, 0.05) is 13.0 Å². The third-order valence-corrected chi connectivity index (χ3v) is 3.82. The van der Waals surface area contributed by atoms with E-state index in [0.29, 0.717) is 13.1 Å². The van der Waals surface area contributed by atoms with Crippen LogP contribution in [-0.4, -0.2) is 29.2 Å². The Balaban J connectivity index is 1.93. The summed E-state index contributed by atoms with van der Waals surface area (Å²) in [6.45, 7) is 0.873. The molecule has 1 heterocycles. The van der Waals surface area contributed by atoms with Crippen LogP contribution in [-0.2, 0) is 16.1 Å². The number of carbonyl (C=O) groups excluding carboxylic acids is 2. The van der Waals surface area contributed by atoms with Crippen molar-refractivity contribution in [3.63, 3.8) is 0 Å². The second-order valence-electron chi connectivity index (χ2n) is 5.20. The van der Waals surface area contributed by atoms with Crippen LogP contribution < -0.4 is 5.73 Å². The van der Waals surface area contributed by atoms with Gasteiger partial charge in [-0.1, -0.05) is 42.5 Å². The zero-order chi connectivity index (χ0) is 14.1. The molecule has 3 rings (SSSR count). The fourth-order valence-corrected chi connectivity index (χ4v) is 2.84. The van der Waals surface area contributed by atoms with Gasteiger partial charge in [-0.3, -0.25) is 14.5 Å². The third kappa shape index (κ3) is 2.30. The summed E-state index contributed by atoms with van der Waals surface area (Å²) in [6, 6.07) is 13.7. The van der Waals surface area contributed by atoms with Crippen LogP contribution >= 0.6 is 0 Å². The maximum Gasteiger partial charge on any atom is 0.235 e. The third-order valence-electron chi connectivity index (χ3n) is 3.82. The molecule has 0 radical (unpaired) electrons. The Labute approximate surface area is 117 Å². The molecule has 1 aliphatic heterocycles. The highest BCUT2D eigenvalue weighted by molar-refractivity contribution is 5.93. The summed E-state index contributed by atoms with van der Waals surface area (Å²) >= 11 is 0. The Morgan fingerprint density at radius 1 is 1.20 bits per heavy atom. The monoisotopic (exact) mass is 268 g/mol. The van der Waals surface area contributed by atoms with E-state index in [1.165, 1.54) is 0 Å². The molecule has 1 unspecified atom stereocenters. The average molecular weight is 268 g/mol. The van der Waals surface area contributed by atoms with Crippen molar-refractivity contribution in [2.24, 2.45) is 5.73 Å². The van der Waals surface area contributed by atoms with Gasteiger partial charge in [-0.2, -0.15) is 0 Å². The highest BCUT2D eigenvalue weighted by Gasteiger charge is 2.34. The van der Waals surface area contributed by atoms with Gasteiger partial charge in [0.05, 0.1) is 12.6 Å². The van der Waals surface area contributed by atoms with E-state index in [0.717, 1.165) is 16.3 Å². The largest absolute Gasteiger partial charge is 0.368 e. The molecule has 0 aromatic heterocycles. The van der Waals surface area contributed by atoms with Crippen molar-refractivity contribution < 1.29 is 9.59 Å². The van der Waals surface area contributed by atoms with Gasteiger partial charge in [0.25, 0.3) is 0 Å². The van der Waals surface area contributed by atoms with Crippen molar-refractivity contribution in [2.75, 3.05) is 6.54 Å². The topological polar surface area (TPSA) is 63.4 Å². The number of benzene rings is 2. The lowest BCUT2D eigenvalue weighted by Crippen LogP contribution is -2.39. The first-order chi connectivity index (χ1) is 9.65. The maximum atomic E-state index is 11.6. The Morgan fingerprint density at radius 3 is 2.75 bits per heavy atom. The summed E-state index contributed by atoms with van der Waals surface area (Å²) < 4.78 is 0. The van der Waals surface area contributed by atoms with Crippen LogP contribution in [0, 0.1) is 0 Å². The molecule has 102 valence electrons. The van der Waals surface area contributed by atoms with Gasteiger partial charge in [-0.25, -0.2) is 0 Å². The van der Waals surface area contributed by atoms with E-state index in [9.17, 15) is 9.59 Å². The fraction of sp³-hybridized carbons (Fsp3) is 0.250. The first-order valence-corrected chi connectivity index (χ1v) is 6.67. The minimum Gasteiger partial charge on any atom is -0.368 e. The van der Waals surface area contributed by atoms with Gasteiger partial charge >= 0.3 is 0 Å². The first-order valence-electron chi connectivity index (χ1n) is 6.67. The number of hydrogen-bond acceptors (Lipinski definition) is 3. The Morgan fingerprint density at radius 2 is 1.95 bits per heavy atom. The SMILES string of the molecule is NC(=O)C1CC(=O)CN1Cc1cccc2ccccc12. The zero-order valence-corrected chi connectivity index (χ0v) is 11.1. The number of amides is 1. The van der Waals surface area contributed by atoms with Crippen LogP contribution in [0.15, 0.2) is 42.5 Å². The summed E-state index contributed by atoms with van der Waals surface area (Å²) in [5.74, 6) is -0.342. The predicted molar refractivity (Wildman–Crippen MR) is 77.0 cm³/mol. The van der Waals surface area contributed by atoms with Gasteiger partial charge in [-0.15, -0.1) is 0 Å². The molecule has 1 amide bonds. The van der Waals surface area contributed by atoms with Crippen molar-refractivity contribution >= 4 is 22.5 Å². The lowest BCUT2D eigenvalue weighted by molar-refractivity contribution is -0.123. The van der Waals surface area contributed by atoms with Crippen molar-refractivity contribution in [1.29, 1.82) is 0 Å². The van der Waals surface area contributed by atoms with Crippen molar-refractivity contribution in [3.8, 4) is 0 Å². The lowest BCUT2D eigenvalue weighted by Gasteiger charge is -2.21. The fourth-order valence-electron chi connectivity index (χ4n) is 2.84. The van der Waals surface area contributed by atoms with Gasteiger partial charge in [-0.05, 0) is 16.3 Å². The summed E-state index contributed by atoms with van der Waals surface area (Å²) in [6.07, 6.45) is 0.236. The van der Waals surface area contributed by atoms with Gasteiger partial charge in [0.15, 0.2) is 0 Å². The molecule has 4 heteroatoms. The van der Waals surface area contributed by atoms with E-state index in [1.807, 2.05) is 29.2 Å². The molecule has 1 aliphatic rings. The number of Topliss-reactive ketones (excluding diaryl/α,β-unsaturated/α-hetero) is 1. The second-order valence-corrected chi connectivity index (χ2v) is 5.20. The van der Waals surface area contributed by atoms with Crippen LogP contribution in [0.1, 0.15) is 12.0 Å². The van der Waals surface area contributed by atoms with Crippen LogP contribution in [0.3, 0.4) is 0 Å². The zero-order valence-electron chi connectivity index (χ0n) is 11.1. The quantitative estimate of drug-likeness (QED) is 0.916. The van der Waals surface area contributed by atoms with E-state index in [4.69, 9.17) is 5.73 Å². The summed E-state index contributed by atoms with van der Waals surface area (Å²) in [5, 5.41) is 2.31. The molecule has 0 saturated carbocycles. The van der Waals surface area contributed by atoms with Crippen molar-refractivity contribution in [2.45, 2.75) is 19.0 Å². The number of likely N-dealkylation sites (tertiary alicyclic amines) is 1. The van der Waals surface area contributed by atoms with Crippen LogP contribution in [0.4, 0.5) is 0 Å². The molecular weight excluding hydrogens is 252 g/mol. The highest BCUT2D eigenvalue weighted by Crippen LogP contribution is 2.23. The molecule has 2 N–H and O–H groups in total. The Hall–Kier alpha value is -2.20.